The zero-order valence-electron chi connectivity index (χ0n) is 13.5. The maximum atomic E-state index is 10.8. The van der Waals surface area contributed by atoms with Crippen LogP contribution in [-0.4, -0.2) is 30.3 Å². The number of nitro benzene ring substituents is 1. The molecule has 0 aromatic heterocycles. The van der Waals surface area contributed by atoms with Crippen molar-refractivity contribution in [1.82, 2.24) is 0 Å². The molecule has 0 saturated carbocycles. The molecule has 7 nitrogen and oxygen atoms in total. The van der Waals surface area contributed by atoms with Crippen molar-refractivity contribution >= 4 is 11.4 Å². The SMILES string of the molecule is Nc1ccc(Oc2ccc([N+](=O)[O-])cc2)c(CC2CO2)c1CC1CO1. The van der Waals surface area contributed by atoms with E-state index >= 15 is 0 Å². The van der Waals surface area contributed by atoms with Crippen LogP contribution >= 0.6 is 0 Å². The van der Waals surface area contributed by atoms with Crippen molar-refractivity contribution < 1.29 is 19.1 Å². The van der Waals surface area contributed by atoms with E-state index in [0.717, 1.165) is 42.9 Å². The number of nitrogen functional groups attached to an aromatic ring is 1. The van der Waals surface area contributed by atoms with Gasteiger partial charge in [-0.25, -0.2) is 0 Å². The lowest BCUT2D eigenvalue weighted by atomic mass is 9.96. The Kier molecular flexibility index (Phi) is 4.03. The van der Waals surface area contributed by atoms with Crippen LogP contribution in [0.5, 0.6) is 11.5 Å². The fourth-order valence-corrected chi connectivity index (χ4v) is 2.84. The molecule has 2 N–H and O–H groups in total. The molecule has 0 aliphatic carbocycles. The van der Waals surface area contributed by atoms with Gasteiger partial charge in [-0.1, -0.05) is 0 Å². The van der Waals surface area contributed by atoms with Crippen molar-refractivity contribution in [3.8, 4) is 11.5 Å². The molecule has 130 valence electrons. The summed E-state index contributed by atoms with van der Waals surface area (Å²) < 4.78 is 16.7. The van der Waals surface area contributed by atoms with E-state index in [1.807, 2.05) is 12.1 Å². The van der Waals surface area contributed by atoms with E-state index in [0.29, 0.717) is 11.5 Å². The monoisotopic (exact) mass is 342 g/mol. The predicted molar refractivity (Wildman–Crippen MR) is 90.9 cm³/mol. The lowest BCUT2D eigenvalue weighted by Gasteiger charge is -2.16. The molecule has 2 unspecified atom stereocenters. The van der Waals surface area contributed by atoms with E-state index < -0.39 is 4.92 Å². The number of nitro groups is 1. The number of nitrogens with two attached hydrogens (primary N) is 1. The highest BCUT2D eigenvalue weighted by Crippen LogP contribution is 2.36. The first-order valence-electron chi connectivity index (χ1n) is 8.16. The summed E-state index contributed by atoms with van der Waals surface area (Å²) in [5, 5.41) is 10.8. The minimum atomic E-state index is -0.434. The fourth-order valence-electron chi connectivity index (χ4n) is 2.84. The number of benzene rings is 2. The summed E-state index contributed by atoms with van der Waals surface area (Å²) in [6.07, 6.45) is 1.90. The van der Waals surface area contributed by atoms with E-state index in [2.05, 4.69) is 0 Å². The highest BCUT2D eigenvalue weighted by molar-refractivity contribution is 5.58. The maximum Gasteiger partial charge on any atom is 0.269 e. The van der Waals surface area contributed by atoms with Gasteiger partial charge < -0.3 is 19.9 Å². The second kappa shape index (κ2) is 6.34. The molecule has 2 saturated heterocycles. The highest BCUT2D eigenvalue weighted by Gasteiger charge is 2.30. The Morgan fingerprint density at radius 2 is 1.64 bits per heavy atom. The zero-order chi connectivity index (χ0) is 17.4. The molecule has 0 spiro atoms. The van der Waals surface area contributed by atoms with E-state index in [1.54, 1.807) is 12.1 Å². The Morgan fingerprint density at radius 1 is 1.04 bits per heavy atom. The van der Waals surface area contributed by atoms with Crippen molar-refractivity contribution in [1.29, 1.82) is 0 Å². The third-order valence-electron chi connectivity index (χ3n) is 4.37. The first-order chi connectivity index (χ1) is 12.1. The number of ether oxygens (including phenoxy) is 3. The normalized spacial score (nSPS) is 21.0. The third-order valence-corrected chi connectivity index (χ3v) is 4.37. The minimum Gasteiger partial charge on any atom is -0.457 e. The molecule has 25 heavy (non-hydrogen) atoms. The summed E-state index contributed by atoms with van der Waals surface area (Å²) >= 11 is 0. The van der Waals surface area contributed by atoms with Gasteiger partial charge in [-0.2, -0.15) is 0 Å². The molecule has 0 amide bonds. The highest BCUT2D eigenvalue weighted by atomic mass is 16.6. The van der Waals surface area contributed by atoms with Crippen LogP contribution in [0.2, 0.25) is 0 Å². The molecule has 2 aromatic carbocycles. The van der Waals surface area contributed by atoms with Gasteiger partial charge in [0.25, 0.3) is 5.69 Å². The minimum absolute atomic E-state index is 0.0304. The molecular formula is C18H18N2O5. The van der Waals surface area contributed by atoms with E-state index in [1.165, 1.54) is 12.1 Å². The molecule has 2 heterocycles. The summed E-state index contributed by atoms with van der Waals surface area (Å²) in [7, 11) is 0. The average molecular weight is 342 g/mol. The Morgan fingerprint density at radius 3 is 2.20 bits per heavy atom. The molecule has 0 radical (unpaired) electrons. The van der Waals surface area contributed by atoms with Crippen LogP contribution in [0.1, 0.15) is 11.1 Å². The van der Waals surface area contributed by atoms with Gasteiger partial charge in [-0.15, -0.1) is 0 Å². The number of rotatable bonds is 7. The number of epoxide rings is 2. The van der Waals surface area contributed by atoms with Crippen LogP contribution in [0.15, 0.2) is 36.4 Å². The van der Waals surface area contributed by atoms with Crippen molar-refractivity contribution in [2.75, 3.05) is 18.9 Å². The van der Waals surface area contributed by atoms with Crippen LogP contribution in [0.25, 0.3) is 0 Å². The number of non-ortho nitro benzene ring substituents is 1. The quantitative estimate of drug-likeness (QED) is 0.359. The summed E-state index contributed by atoms with van der Waals surface area (Å²) in [4.78, 5) is 10.3. The summed E-state index contributed by atoms with van der Waals surface area (Å²) in [6.45, 7) is 1.50. The van der Waals surface area contributed by atoms with Crippen LogP contribution in [0.3, 0.4) is 0 Å². The maximum absolute atomic E-state index is 10.8. The Bertz CT molecular complexity index is 798. The van der Waals surface area contributed by atoms with Crippen LogP contribution < -0.4 is 10.5 Å². The second-order valence-electron chi connectivity index (χ2n) is 6.28. The van der Waals surface area contributed by atoms with Crippen LogP contribution in [0, 0.1) is 10.1 Å². The Hall–Kier alpha value is -2.64. The number of hydrogen-bond donors (Lipinski definition) is 1. The molecule has 2 aliphatic rings. The molecular weight excluding hydrogens is 324 g/mol. The Labute approximate surface area is 144 Å². The lowest BCUT2D eigenvalue weighted by molar-refractivity contribution is -0.384. The van der Waals surface area contributed by atoms with E-state index in [4.69, 9.17) is 19.9 Å². The molecule has 0 bridgehead atoms. The van der Waals surface area contributed by atoms with Crippen molar-refractivity contribution in [3.05, 3.63) is 57.6 Å². The second-order valence-corrected chi connectivity index (χ2v) is 6.28. The first kappa shape index (κ1) is 15.9. The molecule has 2 atom stereocenters. The van der Waals surface area contributed by atoms with Crippen molar-refractivity contribution in [2.24, 2.45) is 0 Å². The average Bonchev–Trinajstić information content (AvgIpc) is 3.49. The number of anilines is 1. The summed E-state index contributed by atoms with van der Waals surface area (Å²) in [5.41, 5.74) is 9.00. The van der Waals surface area contributed by atoms with Crippen LogP contribution in [0.4, 0.5) is 11.4 Å². The smallest absolute Gasteiger partial charge is 0.269 e. The van der Waals surface area contributed by atoms with Gasteiger partial charge in [0, 0.05) is 36.2 Å². The molecule has 2 aromatic rings. The number of hydrogen-bond acceptors (Lipinski definition) is 6. The van der Waals surface area contributed by atoms with Gasteiger partial charge in [0.05, 0.1) is 30.3 Å². The topological polar surface area (TPSA) is 103 Å². The summed E-state index contributed by atoms with van der Waals surface area (Å²) in [6, 6.07) is 9.71. The fraction of sp³-hybridized carbons (Fsp3) is 0.333. The molecule has 2 aliphatic heterocycles. The summed E-state index contributed by atoms with van der Waals surface area (Å²) in [5.74, 6) is 1.25. The number of nitrogens with zero attached hydrogens (tertiary/aromatic N) is 1. The predicted octanol–water partition coefficient (Wildman–Crippen LogP) is 2.85. The third kappa shape index (κ3) is 3.72. The molecule has 2 fully saturated rings. The van der Waals surface area contributed by atoms with Gasteiger partial charge in [0.2, 0.25) is 0 Å². The molecule has 7 heteroatoms. The lowest BCUT2D eigenvalue weighted by Crippen LogP contribution is -2.08. The zero-order valence-corrected chi connectivity index (χ0v) is 13.5. The molecule has 4 rings (SSSR count). The first-order valence-corrected chi connectivity index (χ1v) is 8.16. The standard InChI is InChI=1S/C18H18N2O5/c19-17-5-6-18(25-12-3-1-11(2-4-12)20(21)22)16(8-14-10-24-14)15(17)7-13-9-23-13/h1-6,13-14H,7-10,19H2. The van der Waals surface area contributed by atoms with Crippen LogP contribution in [-0.2, 0) is 22.3 Å². The van der Waals surface area contributed by atoms with Gasteiger partial charge >= 0.3 is 0 Å². The van der Waals surface area contributed by atoms with Gasteiger partial charge in [-0.3, -0.25) is 10.1 Å². The van der Waals surface area contributed by atoms with Gasteiger partial charge in [0.15, 0.2) is 0 Å². The largest absolute Gasteiger partial charge is 0.457 e. The Balaban J connectivity index is 1.63. The van der Waals surface area contributed by atoms with Gasteiger partial charge in [0.1, 0.15) is 11.5 Å². The van der Waals surface area contributed by atoms with Gasteiger partial charge in [-0.05, 0) is 29.8 Å². The van der Waals surface area contributed by atoms with E-state index in [-0.39, 0.29) is 17.9 Å². The van der Waals surface area contributed by atoms with Crippen molar-refractivity contribution in [3.63, 3.8) is 0 Å². The van der Waals surface area contributed by atoms with E-state index in [9.17, 15) is 10.1 Å². The van der Waals surface area contributed by atoms with Crippen molar-refractivity contribution in [2.45, 2.75) is 25.0 Å².